The monoisotopic (exact) mass is 433 g/mol. The van der Waals surface area contributed by atoms with Gasteiger partial charge in [0, 0.05) is 10.9 Å². The first-order valence-electron chi connectivity index (χ1n) is 9.66. The molecule has 1 heterocycles. The quantitative estimate of drug-likeness (QED) is 0.409. The number of hydrogen-bond donors (Lipinski definition) is 2. The minimum atomic E-state index is -0.822. The molecule has 9 nitrogen and oxygen atoms in total. The van der Waals surface area contributed by atoms with Gasteiger partial charge < -0.3 is 9.47 Å². The third-order valence-corrected chi connectivity index (χ3v) is 6.02. The van der Waals surface area contributed by atoms with E-state index in [1.165, 1.54) is 41.4 Å². The van der Waals surface area contributed by atoms with E-state index in [1.54, 1.807) is 6.92 Å². The van der Waals surface area contributed by atoms with Crippen molar-refractivity contribution in [2.24, 2.45) is 0 Å². The van der Waals surface area contributed by atoms with Crippen molar-refractivity contribution in [3.63, 3.8) is 0 Å². The van der Waals surface area contributed by atoms with Crippen LogP contribution < -0.4 is 20.3 Å². The summed E-state index contributed by atoms with van der Waals surface area (Å²) in [6.45, 7) is 2.03. The highest BCUT2D eigenvalue weighted by Gasteiger charge is 2.25. The number of aryl methyl sites for hydroxylation is 2. The topological polar surface area (TPSA) is 120 Å². The van der Waals surface area contributed by atoms with Crippen LogP contribution in [-0.2, 0) is 12.8 Å². The molecule has 10 heteroatoms. The molecule has 1 aromatic heterocycles. The van der Waals surface area contributed by atoms with Crippen LogP contribution in [0.15, 0.2) is 18.2 Å². The third-order valence-electron chi connectivity index (χ3n) is 4.78. The molecular formula is C20H23N3O6S. The first-order chi connectivity index (χ1) is 14.4. The molecule has 0 radical (unpaired) electrons. The van der Waals surface area contributed by atoms with Crippen LogP contribution >= 0.6 is 11.3 Å². The van der Waals surface area contributed by atoms with Gasteiger partial charge in [-0.2, -0.15) is 0 Å². The average molecular weight is 433 g/mol. The Kier molecular flexibility index (Phi) is 6.88. The number of nitro groups is 1. The molecule has 2 N–H and O–H groups in total. The van der Waals surface area contributed by atoms with E-state index in [2.05, 4.69) is 10.9 Å². The Morgan fingerprint density at radius 2 is 1.83 bits per heavy atom. The average Bonchev–Trinajstić information content (AvgIpc) is 3.02. The summed E-state index contributed by atoms with van der Waals surface area (Å²) in [5.74, 6) is -0.937. The summed E-state index contributed by atoms with van der Waals surface area (Å²) in [6, 6.07) is 4.21. The number of nitrogens with one attached hydrogen (secondary N) is 2. The number of methoxy groups -OCH3 is 1. The molecule has 0 saturated heterocycles. The molecule has 1 aliphatic carbocycles. The Labute approximate surface area is 177 Å². The predicted molar refractivity (Wildman–Crippen MR) is 111 cm³/mol. The van der Waals surface area contributed by atoms with Crippen LogP contribution in [0.4, 0.5) is 5.69 Å². The summed E-state index contributed by atoms with van der Waals surface area (Å²) >= 11 is 1.42. The zero-order valence-electron chi connectivity index (χ0n) is 16.8. The molecule has 1 aliphatic rings. The molecule has 30 heavy (non-hydrogen) atoms. The van der Waals surface area contributed by atoms with E-state index in [-0.39, 0.29) is 23.7 Å². The Bertz CT molecular complexity index is 948. The number of fused-ring (bicyclic) bond motifs is 1. The maximum absolute atomic E-state index is 12.6. The Morgan fingerprint density at radius 3 is 2.53 bits per heavy atom. The lowest BCUT2D eigenvalue weighted by molar-refractivity contribution is -0.385. The number of ether oxygens (including phenoxy) is 2. The van der Waals surface area contributed by atoms with Crippen LogP contribution in [0, 0.1) is 10.1 Å². The minimum Gasteiger partial charge on any atom is -0.493 e. The van der Waals surface area contributed by atoms with Gasteiger partial charge in [0.1, 0.15) is 5.56 Å². The van der Waals surface area contributed by atoms with E-state index in [4.69, 9.17) is 9.47 Å². The van der Waals surface area contributed by atoms with Gasteiger partial charge in [-0.05, 0) is 44.2 Å². The normalized spacial score (nSPS) is 13.0. The first kappa shape index (κ1) is 21.6. The molecule has 0 spiro atoms. The zero-order chi connectivity index (χ0) is 21.7. The number of nitro benzene ring substituents is 1. The lowest BCUT2D eigenvalue weighted by Crippen LogP contribution is -2.41. The van der Waals surface area contributed by atoms with Gasteiger partial charge in [0.25, 0.3) is 17.5 Å². The van der Waals surface area contributed by atoms with E-state index in [0.717, 1.165) is 31.7 Å². The number of thiophene rings is 1. The van der Waals surface area contributed by atoms with Crippen molar-refractivity contribution >= 4 is 28.8 Å². The Balaban J connectivity index is 1.76. The summed E-state index contributed by atoms with van der Waals surface area (Å²) in [5, 5.41) is 11.4. The number of carbonyl (C=O) groups is 2. The van der Waals surface area contributed by atoms with E-state index in [9.17, 15) is 19.7 Å². The van der Waals surface area contributed by atoms with Gasteiger partial charge in [-0.3, -0.25) is 30.6 Å². The van der Waals surface area contributed by atoms with Crippen molar-refractivity contribution in [1.82, 2.24) is 10.9 Å². The summed E-state index contributed by atoms with van der Waals surface area (Å²) in [4.78, 5) is 37.5. The minimum absolute atomic E-state index is 0.143. The maximum Gasteiger partial charge on any atom is 0.286 e. The summed E-state index contributed by atoms with van der Waals surface area (Å²) in [6.07, 6.45) is 5.30. The lowest BCUT2D eigenvalue weighted by atomic mass is 10.1. The maximum atomic E-state index is 12.6. The molecule has 2 aromatic rings. The van der Waals surface area contributed by atoms with Crippen molar-refractivity contribution in [2.75, 3.05) is 13.7 Å². The standard InChI is InChI=1S/C20H23N3O6S/c1-3-29-16-10-13(14(23(26)27)11-15(16)28-2)19(24)21-22-20(25)18-9-12-7-5-4-6-8-17(12)30-18/h9-11H,3-8H2,1-2H3,(H,21,24)(H,22,25). The largest absolute Gasteiger partial charge is 0.493 e. The zero-order valence-corrected chi connectivity index (χ0v) is 17.6. The van der Waals surface area contributed by atoms with Gasteiger partial charge in [-0.15, -0.1) is 11.3 Å². The molecular weight excluding hydrogens is 410 g/mol. The molecule has 0 bridgehead atoms. The van der Waals surface area contributed by atoms with Crippen LogP contribution in [-0.4, -0.2) is 30.5 Å². The van der Waals surface area contributed by atoms with Crippen LogP contribution in [0.3, 0.4) is 0 Å². The number of hydrazine groups is 1. The van der Waals surface area contributed by atoms with Crippen LogP contribution in [0.5, 0.6) is 11.5 Å². The molecule has 0 saturated carbocycles. The fraction of sp³-hybridized carbons (Fsp3) is 0.400. The third kappa shape index (κ3) is 4.70. The van der Waals surface area contributed by atoms with Gasteiger partial charge >= 0.3 is 0 Å². The number of rotatable bonds is 6. The van der Waals surface area contributed by atoms with E-state index < -0.39 is 22.4 Å². The fourth-order valence-electron chi connectivity index (χ4n) is 3.33. The van der Waals surface area contributed by atoms with Crippen molar-refractivity contribution in [3.8, 4) is 11.5 Å². The van der Waals surface area contributed by atoms with Gasteiger partial charge in [0.05, 0.1) is 29.6 Å². The highest BCUT2D eigenvalue weighted by atomic mass is 32.1. The number of nitrogens with zero attached hydrogens (tertiary/aromatic N) is 1. The molecule has 0 aliphatic heterocycles. The van der Waals surface area contributed by atoms with Gasteiger partial charge in [0.2, 0.25) is 0 Å². The molecule has 0 fully saturated rings. The van der Waals surface area contributed by atoms with Gasteiger partial charge in [0.15, 0.2) is 11.5 Å². The predicted octanol–water partition coefficient (Wildman–Crippen LogP) is 3.41. The number of amides is 2. The Morgan fingerprint density at radius 1 is 1.10 bits per heavy atom. The molecule has 2 amide bonds. The van der Waals surface area contributed by atoms with Crippen LogP contribution in [0.25, 0.3) is 0 Å². The molecule has 160 valence electrons. The summed E-state index contributed by atoms with van der Waals surface area (Å²) < 4.78 is 10.5. The van der Waals surface area contributed by atoms with Crippen LogP contribution in [0.2, 0.25) is 0 Å². The second kappa shape index (κ2) is 9.57. The van der Waals surface area contributed by atoms with E-state index in [1.807, 2.05) is 6.07 Å². The van der Waals surface area contributed by atoms with E-state index >= 15 is 0 Å². The molecule has 0 atom stereocenters. The first-order valence-corrected chi connectivity index (χ1v) is 10.5. The molecule has 0 unspecified atom stereocenters. The molecule has 3 rings (SSSR count). The van der Waals surface area contributed by atoms with Crippen molar-refractivity contribution in [2.45, 2.75) is 39.0 Å². The SMILES string of the molecule is CCOc1cc(C(=O)NNC(=O)c2cc3c(s2)CCCCC3)c([N+](=O)[O-])cc1OC. The number of carbonyl (C=O) groups excluding carboxylic acids is 2. The second-order valence-corrected chi connectivity index (χ2v) is 7.88. The van der Waals surface area contributed by atoms with Crippen LogP contribution in [0.1, 0.15) is 56.7 Å². The van der Waals surface area contributed by atoms with Crippen molar-refractivity contribution in [3.05, 3.63) is 49.2 Å². The molecule has 1 aromatic carbocycles. The smallest absolute Gasteiger partial charge is 0.286 e. The highest BCUT2D eigenvalue weighted by Crippen LogP contribution is 2.34. The van der Waals surface area contributed by atoms with Crippen molar-refractivity contribution < 1.29 is 24.0 Å². The van der Waals surface area contributed by atoms with Gasteiger partial charge in [-0.1, -0.05) is 6.42 Å². The second-order valence-electron chi connectivity index (χ2n) is 6.74. The fourth-order valence-corrected chi connectivity index (χ4v) is 4.48. The lowest BCUT2D eigenvalue weighted by Gasteiger charge is -2.12. The van der Waals surface area contributed by atoms with Gasteiger partial charge in [-0.25, -0.2) is 0 Å². The highest BCUT2D eigenvalue weighted by molar-refractivity contribution is 7.14. The number of benzene rings is 1. The Hall–Kier alpha value is -3.14. The summed E-state index contributed by atoms with van der Waals surface area (Å²) in [7, 11) is 1.35. The number of hydrogen-bond acceptors (Lipinski definition) is 7. The summed E-state index contributed by atoms with van der Waals surface area (Å²) in [5.41, 5.74) is 5.09. The van der Waals surface area contributed by atoms with Crippen molar-refractivity contribution in [1.29, 1.82) is 0 Å². The van der Waals surface area contributed by atoms with E-state index in [0.29, 0.717) is 4.88 Å².